The minimum absolute atomic E-state index is 0.321. The number of allylic oxidation sites excluding steroid dienone is 2. The number of carboxylic acids is 1. The van der Waals surface area contributed by atoms with Crippen molar-refractivity contribution in [1.82, 2.24) is 0 Å². The van der Waals surface area contributed by atoms with Crippen molar-refractivity contribution < 1.29 is 9.90 Å². The quantitative estimate of drug-likeness (QED) is 0.726. The van der Waals surface area contributed by atoms with Crippen molar-refractivity contribution in [3.63, 3.8) is 0 Å². The predicted octanol–water partition coefficient (Wildman–Crippen LogP) is 3.48. The van der Waals surface area contributed by atoms with E-state index in [0.29, 0.717) is 24.2 Å². The van der Waals surface area contributed by atoms with Gasteiger partial charge in [0.2, 0.25) is 0 Å². The molecule has 1 unspecified atom stereocenters. The van der Waals surface area contributed by atoms with Gasteiger partial charge in [-0.3, -0.25) is 4.79 Å². The lowest BCUT2D eigenvalue weighted by Crippen LogP contribution is -2.30. The number of hydrogen-bond donors (Lipinski definition) is 1. The van der Waals surface area contributed by atoms with Gasteiger partial charge in [0.1, 0.15) is 0 Å². The molecule has 2 nitrogen and oxygen atoms in total. The van der Waals surface area contributed by atoms with Gasteiger partial charge in [-0.2, -0.15) is 0 Å². The fraction of sp³-hybridized carbons (Fsp3) is 0.786. The van der Waals surface area contributed by atoms with Gasteiger partial charge in [0.15, 0.2) is 0 Å². The number of fused-ring (bicyclic) bond motifs is 1. The molecular formula is C14H22O2. The molecule has 0 aromatic heterocycles. The van der Waals surface area contributed by atoms with Gasteiger partial charge in [-0.25, -0.2) is 0 Å². The molecule has 1 N–H and O–H groups in total. The Morgan fingerprint density at radius 2 is 2.06 bits per heavy atom. The van der Waals surface area contributed by atoms with Crippen LogP contribution in [0.25, 0.3) is 0 Å². The molecule has 90 valence electrons. The second-order valence-corrected chi connectivity index (χ2v) is 5.68. The van der Waals surface area contributed by atoms with Gasteiger partial charge in [0.25, 0.3) is 0 Å². The van der Waals surface area contributed by atoms with Crippen LogP contribution in [-0.2, 0) is 4.79 Å². The monoisotopic (exact) mass is 222 g/mol. The predicted molar refractivity (Wildman–Crippen MR) is 64.1 cm³/mol. The highest BCUT2D eigenvalue weighted by molar-refractivity contribution is 5.67. The van der Waals surface area contributed by atoms with Gasteiger partial charge in [-0.15, -0.1) is 0 Å². The van der Waals surface area contributed by atoms with Crippen LogP contribution in [0.3, 0.4) is 0 Å². The molecule has 4 atom stereocenters. The van der Waals surface area contributed by atoms with E-state index in [1.165, 1.54) is 24.8 Å². The van der Waals surface area contributed by atoms with Crippen LogP contribution in [0.4, 0.5) is 0 Å². The zero-order valence-corrected chi connectivity index (χ0v) is 10.3. The van der Waals surface area contributed by atoms with E-state index in [0.717, 1.165) is 12.3 Å². The van der Waals surface area contributed by atoms with E-state index >= 15 is 0 Å². The maximum absolute atomic E-state index is 10.9. The van der Waals surface area contributed by atoms with Gasteiger partial charge in [-0.05, 0) is 49.4 Å². The molecule has 2 rings (SSSR count). The Balaban J connectivity index is 2.18. The molecule has 2 aliphatic carbocycles. The summed E-state index contributed by atoms with van der Waals surface area (Å²) in [5.41, 5.74) is 1.47. The van der Waals surface area contributed by atoms with E-state index in [2.05, 4.69) is 19.9 Å². The van der Waals surface area contributed by atoms with Gasteiger partial charge in [-0.1, -0.05) is 25.5 Å². The van der Waals surface area contributed by atoms with E-state index in [-0.39, 0.29) is 0 Å². The number of aliphatic carboxylic acids is 1. The van der Waals surface area contributed by atoms with Crippen molar-refractivity contribution in [1.29, 1.82) is 0 Å². The third-order valence-corrected chi connectivity index (χ3v) is 4.39. The second-order valence-electron chi connectivity index (χ2n) is 5.68. The summed E-state index contributed by atoms with van der Waals surface area (Å²) >= 11 is 0. The maximum Gasteiger partial charge on any atom is 0.303 e. The summed E-state index contributed by atoms with van der Waals surface area (Å²) in [6.07, 6.45) is 7.53. The van der Waals surface area contributed by atoms with Crippen LogP contribution in [0.1, 0.15) is 46.0 Å². The zero-order valence-electron chi connectivity index (χ0n) is 10.3. The van der Waals surface area contributed by atoms with Gasteiger partial charge in [0.05, 0.1) is 6.42 Å². The molecule has 0 aromatic rings. The molecule has 2 heteroatoms. The highest BCUT2D eigenvalue weighted by atomic mass is 16.4. The Kier molecular flexibility index (Phi) is 3.36. The standard InChI is InChI=1S/C14H22O2/c1-9-3-6-12-10(2)4-5-11(8-14(15)16)13(12)7-9/h7,9-12H,3-6,8H2,1-2H3,(H,15,16)/t9?,10-,11+,12+/m1/s1. The third kappa shape index (κ3) is 2.31. The summed E-state index contributed by atoms with van der Waals surface area (Å²) in [6.45, 7) is 4.58. The van der Waals surface area contributed by atoms with Crippen LogP contribution < -0.4 is 0 Å². The summed E-state index contributed by atoms with van der Waals surface area (Å²) in [4.78, 5) is 10.9. The summed E-state index contributed by atoms with van der Waals surface area (Å²) in [5.74, 6) is 1.75. The van der Waals surface area contributed by atoms with Crippen LogP contribution in [0.15, 0.2) is 11.6 Å². The Labute approximate surface area is 97.7 Å². The average molecular weight is 222 g/mol. The minimum Gasteiger partial charge on any atom is -0.481 e. The lowest BCUT2D eigenvalue weighted by Gasteiger charge is -2.40. The van der Waals surface area contributed by atoms with Crippen LogP contribution in [0.2, 0.25) is 0 Å². The average Bonchev–Trinajstić information content (AvgIpc) is 2.22. The van der Waals surface area contributed by atoms with E-state index in [9.17, 15) is 4.79 Å². The van der Waals surface area contributed by atoms with E-state index in [1.54, 1.807) is 0 Å². The molecule has 0 aliphatic heterocycles. The highest BCUT2D eigenvalue weighted by Gasteiger charge is 2.35. The second kappa shape index (κ2) is 4.60. The first-order valence-corrected chi connectivity index (χ1v) is 6.51. The van der Waals surface area contributed by atoms with Crippen molar-refractivity contribution in [2.45, 2.75) is 46.0 Å². The number of rotatable bonds is 2. The molecule has 0 radical (unpaired) electrons. The molecule has 0 saturated heterocycles. The van der Waals surface area contributed by atoms with E-state index in [4.69, 9.17) is 5.11 Å². The van der Waals surface area contributed by atoms with Crippen LogP contribution in [-0.4, -0.2) is 11.1 Å². The summed E-state index contributed by atoms with van der Waals surface area (Å²) in [7, 11) is 0. The fourth-order valence-electron chi connectivity index (χ4n) is 3.46. The lowest BCUT2D eigenvalue weighted by atomic mass is 9.65. The SMILES string of the molecule is CC1C=C2[C@H](CC(=O)O)CC[C@@H](C)[C@@H]2CC1. The van der Waals surface area contributed by atoms with Crippen molar-refractivity contribution in [3.05, 3.63) is 11.6 Å². The Hall–Kier alpha value is -0.790. The molecular weight excluding hydrogens is 200 g/mol. The van der Waals surface area contributed by atoms with Crippen LogP contribution in [0.5, 0.6) is 0 Å². The van der Waals surface area contributed by atoms with Crippen LogP contribution in [0, 0.1) is 23.7 Å². The minimum atomic E-state index is -0.641. The molecule has 1 fully saturated rings. The Morgan fingerprint density at radius 3 is 2.75 bits per heavy atom. The van der Waals surface area contributed by atoms with E-state index < -0.39 is 5.97 Å². The normalized spacial score (nSPS) is 38.8. The first-order chi connectivity index (χ1) is 7.58. The largest absolute Gasteiger partial charge is 0.481 e. The molecule has 16 heavy (non-hydrogen) atoms. The third-order valence-electron chi connectivity index (χ3n) is 4.39. The smallest absolute Gasteiger partial charge is 0.303 e. The van der Waals surface area contributed by atoms with Crippen molar-refractivity contribution in [2.24, 2.45) is 23.7 Å². The van der Waals surface area contributed by atoms with Crippen molar-refractivity contribution >= 4 is 5.97 Å². The first-order valence-electron chi connectivity index (χ1n) is 6.51. The van der Waals surface area contributed by atoms with Gasteiger partial charge >= 0.3 is 5.97 Å². The number of carboxylic acid groups (broad SMARTS) is 1. The van der Waals surface area contributed by atoms with Crippen molar-refractivity contribution in [3.8, 4) is 0 Å². The number of carbonyl (C=O) groups is 1. The summed E-state index contributed by atoms with van der Waals surface area (Å²) in [6, 6.07) is 0. The van der Waals surface area contributed by atoms with E-state index in [1.807, 2.05) is 0 Å². The zero-order chi connectivity index (χ0) is 11.7. The highest BCUT2D eigenvalue weighted by Crippen LogP contribution is 2.45. The Bertz CT molecular complexity index is 306. The van der Waals surface area contributed by atoms with Gasteiger partial charge < -0.3 is 5.11 Å². The molecule has 0 spiro atoms. The van der Waals surface area contributed by atoms with Gasteiger partial charge in [0, 0.05) is 0 Å². The molecule has 1 saturated carbocycles. The fourth-order valence-corrected chi connectivity index (χ4v) is 3.46. The van der Waals surface area contributed by atoms with Crippen molar-refractivity contribution in [2.75, 3.05) is 0 Å². The number of hydrogen-bond acceptors (Lipinski definition) is 1. The molecule has 0 amide bonds. The summed E-state index contributed by atoms with van der Waals surface area (Å²) < 4.78 is 0. The molecule has 2 aliphatic rings. The molecule has 0 aromatic carbocycles. The topological polar surface area (TPSA) is 37.3 Å². The summed E-state index contributed by atoms with van der Waals surface area (Å²) in [5, 5.41) is 8.96. The Morgan fingerprint density at radius 1 is 1.31 bits per heavy atom. The first kappa shape index (κ1) is 11.7. The lowest BCUT2D eigenvalue weighted by molar-refractivity contribution is -0.138. The maximum atomic E-state index is 10.9. The molecule has 0 bridgehead atoms. The van der Waals surface area contributed by atoms with Crippen LogP contribution >= 0.6 is 0 Å². The molecule has 0 heterocycles.